The summed E-state index contributed by atoms with van der Waals surface area (Å²) in [6.07, 6.45) is -1.47. The molecular weight excluding hydrogens is 853 g/mol. The maximum absolute atomic E-state index is 14.3. The summed E-state index contributed by atoms with van der Waals surface area (Å²) < 4.78 is 36.5. The standard InChI is InChI=1S/C32H37FN2O6.CH2O3.2Cs/c1-5-39-30(36)32(2,41-29-9-7-6-8-28(29)33)20-23-10-16-27(17-11-23)40-19-18-25-22-35(31(37)34(25)3)21-24-12-14-26(38-4)15-13-24;2-1(3)4;;/h6-17,25H,5,18-22H2,1-4H3;(H2,2,3,4);;/q;;2*+1/p-2. The molecule has 2 atom stereocenters. The first-order chi connectivity index (χ1) is 21.4. The van der Waals surface area contributed by atoms with Crippen LogP contribution in [-0.4, -0.2) is 73.5 Å². The maximum atomic E-state index is 14.3. The van der Waals surface area contributed by atoms with Crippen LogP contribution < -0.4 is 162 Å². The number of ether oxygens (including phenoxy) is 4. The fraction of sp³-hybridized carbons (Fsp3) is 0.364. The van der Waals surface area contributed by atoms with Gasteiger partial charge in [0.05, 0.1) is 26.4 Å². The maximum Gasteiger partial charge on any atom is 1.00 e. The van der Waals surface area contributed by atoms with Gasteiger partial charge in [0.15, 0.2) is 11.6 Å². The Kier molecular flexibility index (Phi) is 20.7. The molecule has 1 fully saturated rings. The van der Waals surface area contributed by atoms with Gasteiger partial charge >= 0.3 is 150 Å². The zero-order valence-corrected chi connectivity index (χ0v) is 40.3. The second-order valence-electron chi connectivity index (χ2n) is 10.5. The van der Waals surface area contributed by atoms with Crippen molar-refractivity contribution in [3.63, 3.8) is 0 Å². The minimum Gasteiger partial charge on any atom is -0.652 e. The Morgan fingerprint density at radius 2 is 1.53 bits per heavy atom. The van der Waals surface area contributed by atoms with Crippen LogP contribution in [0.5, 0.6) is 17.2 Å². The Labute approximate surface area is 392 Å². The summed E-state index contributed by atoms with van der Waals surface area (Å²) in [5, 5.41) is 16.7. The van der Waals surface area contributed by atoms with E-state index in [-0.39, 0.29) is 169 Å². The Hall–Kier alpha value is -0.896. The topological polar surface area (TPSA) is 141 Å². The smallest absolute Gasteiger partial charge is 0.652 e. The van der Waals surface area contributed by atoms with Crippen molar-refractivity contribution in [1.82, 2.24) is 9.80 Å². The van der Waals surface area contributed by atoms with Crippen LogP contribution in [0.3, 0.4) is 0 Å². The van der Waals surface area contributed by atoms with E-state index in [0.717, 1.165) is 16.9 Å². The van der Waals surface area contributed by atoms with Crippen molar-refractivity contribution in [2.24, 2.45) is 0 Å². The number of para-hydroxylation sites is 1. The monoisotopic (exact) mass is 890 g/mol. The molecule has 3 aromatic carbocycles. The number of rotatable bonds is 13. The van der Waals surface area contributed by atoms with Crippen LogP contribution in [0.1, 0.15) is 31.4 Å². The van der Waals surface area contributed by atoms with E-state index in [9.17, 15) is 14.0 Å². The van der Waals surface area contributed by atoms with E-state index in [1.54, 1.807) is 38.0 Å². The van der Waals surface area contributed by atoms with Crippen LogP contribution in [0.15, 0.2) is 72.8 Å². The van der Waals surface area contributed by atoms with Gasteiger partial charge in [-0.3, -0.25) is 0 Å². The number of methoxy groups -OCH3 is 1. The number of carbonyl (C=O) groups excluding carboxylic acids is 3. The quantitative estimate of drug-likeness (QED) is 0.165. The first-order valence-electron chi connectivity index (χ1n) is 14.3. The number of benzene rings is 3. The summed E-state index contributed by atoms with van der Waals surface area (Å²) in [4.78, 5) is 37.5. The molecule has 11 nitrogen and oxygen atoms in total. The summed E-state index contributed by atoms with van der Waals surface area (Å²) >= 11 is 0. The second-order valence-corrected chi connectivity index (χ2v) is 10.5. The van der Waals surface area contributed by atoms with Crippen LogP contribution in [0.2, 0.25) is 0 Å². The number of urea groups is 1. The van der Waals surface area contributed by atoms with Crippen molar-refractivity contribution >= 4 is 18.2 Å². The average molecular weight is 890 g/mol. The van der Waals surface area contributed by atoms with Crippen LogP contribution in [0.4, 0.5) is 14.0 Å². The molecule has 1 aliphatic rings. The average Bonchev–Trinajstić information content (AvgIpc) is 3.27. The van der Waals surface area contributed by atoms with E-state index in [2.05, 4.69) is 0 Å². The van der Waals surface area contributed by atoms with Gasteiger partial charge in [-0.15, -0.1) is 0 Å². The Morgan fingerprint density at radius 3 is 2.11 bits per heavy atom. The van der Waals surface area contributed by atoms with E-state index in [1.165, 1.54) is 12.1 Å². The van der Waals surface area contributed by atoms with Gasteiger partial charge in [0.1, 0.15) is 11.5 Å². The zero-order chi connectivity index (χ0) is 33.0. The molecule has 0 spiro atoms. The van der Waals surface area contributed by atoms with Gasteiger partial charge in [-0.05, 0) is 67.5 Å². The Bertz CT molecular complexity index is 1430. The fourth-order valence-electron chi connectivity index (χ4n) is 4.81. The fourth-order valence-corrected chi connectivity index (χ4v) is 4.81. The number of carbonyl (C=O) groups is 3. The first-order valence-corrected chi connectivity index (χ1v) is 14.3. The Balaban J connectivity index is 0.00000174. The molecule has 1 saturated heterocycles. The number of nitrogens with zero attached hydrogens (tertiary/aromatic N) is 2. The molecule has 2 amide bonds. The van der Waals surface area contributed by atoms with Crippen molar-refractivity contribution < 1.29 is 186 Å². The van der Waals surface area contributed by atoms with Crippen LogP contribution in [-0.2, 0) is 22.5 Å². The van der Waals surface area contributed by atoms with E-state index in [1.807, 2.05) is 60.5 Å². The number of esters is 1. The van der Waals surface area contributed by atoms with Crippen molar-refractivity contribution in [1.29, 1.82) is 0 Å². The minimum atomic E-state index is -2.33. The molecule has 0 aliphatic carbocycles. The van der Waals surface area contributed by atoms with Gasteiger partial charge in [-0.1, -0.05) is 36.4 Å². The Morgan fingerprint density at radius 1 is 0.957 bits per heavy atom. The predicted molar refractivity (Wildman–Crippen MR) is 158 cm³/mol. The van der Waals surface area contributed by atoms with E-state index < -0.39 is 23.5 Å². The molecule has 0 radical (unpaired) electrons. The molecule has 242 valence electrons. The summed E-state index contributed by atoms with van der Waals surface area (Å²) in [6, 6.07) is 21.1. The molecule has 0 N–H and O–H groups in total. The molecule has 3 aromatic rings. The summed E-state index contributed by atoms with van der Waals surface area (Å²) in [5.41, 5.74) is 0.431. The van der Waals surface area contributed by atoms with E-state index >= 15 is 0 Å². The molecule has 0 bridgehead atoms. The third-order valence-corrected chi connectivity index (χ3v) is 7.15. The normalized spacial score (nSPS) is 14.7. The van der Waals surface area contributed by atoms with Crippen LogP contribution in [0, 0.1) is 5.82 Å². The molecule has 4 rings (SSSR count). The predicted octanol–water partition coefficient (Wildman–Crippen LogP) is -2.96. The molecule has 0 saturated carbocycles. The number of hydrogen-bond acceptors (Lipinski definition) is 9. The number of amides is 2. The molecule has 1 aliphatic heterocycles. The SMILES string of the molecule is CCOC(=O)C(C)(Cc1ccc(OCCC2CN(Cc3ccc(OC)cc3)C(=O)N2C)cc1)Oc1ccccc1F.O=C([O-])[O-].[Cs+].[Cs+]. The van der Waals surface area contributed by atoms with Gasteiger partial charge < -0.3 is 43.8 Å². The van der Waals surface area contributed by atoms with E-state index in [4.69, 9.17) is 34.0 Å². The first kappa shape index (κ1) is 44.1. The number of likely N-dealkylation sites (N-methyl/N-ethyl adjacent to an activating group) is 1. The van der Waals surface area contributed by atoms with Gasteiger partial charge in [0.2, 0.25) is 5.60 Å². The summed E-state index contributed by atoms with van der Waals surface area (Å²) in [5.74, 6) is 0.320. The largest absolute Gasteiger partial charge is 1.00 e. The van der Waals surface area contributed by atoms with Crippen molar-refractivity contribution in [3.8, 4) is 17.2 Å². The van der Waals surface area contributed by atoms with Crippen molar-refractivity contribution in [3.05, 3.63) is 89.7 Å². The summed E-state index contributed by atoms with van der Waals surface area (Å²) in [7, 11) is 3.45. The van der Waals surface area contributed by atoms with Gasteiger partial charge in [0.25, 0.3) is 0 Å². The zero-order valence-electron chi connectivity index (χ0n) is 27.7. The van der Waals surface area contributed by atoms with E-state index in [0.29, 0.717) is 31.9 Å². The third-order valence-electron chi connectivity index (χ3n) is 7.15. The number of halogens is 1. The third kappa shape index (κ3) is 14.1. The number of hydrogen-bond donors (Lipinski definition) is 0. The molecular formula is C33H37Cs2FN2O9. The second kappa shape index (κ2) is 22.0. The van der Waals surface area contributed by atoms with Gasteiger partial charge in [-0.2, -0.15) is 0 Å². The minimum absolute atomic E-state index is 0. The molecule has 2 unspecified atom stereocenters. The molecule has 47 heavy (non-hydrogen) atoms. The van der Waals surface area contributed by atoms with Gasteiger partial charge in [0, 0.05) is 33.0 Å². The molecule has 14 heteroatoms. The van der Waals surface area contributed by atoms with Crippen molar-refractivity contribution in [2.75, 3.05) is 33.9 Å². The molecule has 1 heterocycles. The van der Waals surface area contributed by atoms with Gasteiger partial charge in [-0.25, -0.2) is 14.0 Å². The summed E-state index contributed by atoms with van der Waals surface area (Å²) in [6.45, 7) is 5.09. The number of carboxylic acid groups (broad SMARTS) is 2. The van der Waals surface area contributed by atoms with Crippen molar-refractivity contribution in [2.45, 2.75) is 44.9 Å². The van der Waals surface area contributed by atoms with Crippen LogP contribution in [0.25, 0.3) is 0 Å². The van der Waals surface area contributed by atoms with Crippen LogP contribution >= 0.6 is 0 Å². The molecule has 0 aromatic heterocycles.